The number of ether oxygens (including phenoxy) is 1. The predicted molar refractivity (Wildman–Crippen MR) is 115 cm³/mol. The summed E-state index contributed by atoms with van der Waals surface area (Å²) >= 11 is 0. The summed E-state index contributed by atoms with van der Waals surface area (Å²) in [5, 5.41) is 1.26. The highest BCUT2D eigenvalue weighted by atomic mass is 16.5. The van der Waals surface area contributed by atoms with Gasteiger partial charge in [-0.1, -0.05) is 25.0 Å². The second-order valence-corrected chi connectivity index (χ2v) is 8.37. The van der Waals surface area contributed by atoms with E-state index in [2.05, 4.69) is 53.5 Å². The number of nitrogens with zero attached hydrogens (tertiary/aromatic N) is 3. The van der Waals surface area contributed by atoms with E-state index in [1.807, 2.05) is 6.92 Å². The number of carbonyl (C=O) groups is 1. The third kappa shape index (κ3) is 3.44. The van der Waals surface area contributed by atoms with Gasteiger partial charge in [0.1, 0.15) is 11.3 Å². The Morgan fingerprint density at radius 3 is 2.72 bits per heavy atom. The van der Waals surface area contributed by atoms with Crippen molar-refractivity contribution < 1.29 is 9.53 Å². The monoisotopic (exact) mass is 391 g/mol. The molecule has 0 N–H and O–H groups in total. The smallest absolute Gasteiger partial charge is 0.337 e. The van der Waals surface area contributed by atoms with Gasteiger partial charge in [0.25, 0.3) is 0 Å². The van der Waals surface area contributed by atoms with Crippen LogP contribution < -0.4 is 4.74 Å². The molecule has 0 spiro atoms. The summed E-state index contributed by atoms with van der Waals surface area (Å²) in [6.07, 6.45) is 5.83. The van der Waals surface area contributed by atoms with Crippen molar-refractivity contribution in [2.45, 2.75) is 52.1 Å². The highest BCUT2D eigenvalue weighted by Crippen LogP contribution is 2.38. The van der Waals surface area contributed by atoms with Crippen molar-refractivity contribution in [3.8, 4) is 5.75 Å². The molecule has 1 unspecified atom stereocenters. The summed E-state index contributed by atoms with van der Waals surface area (Å²) in [5.74, 6) is 0.318. The number of benzene rings is 1. The van der Waals surface area contributed by atoms with E-state index >= 15 is 0 Å². The van der Waals surface area contributed by atoms with Crippen molar-refractivity contribution in [1.82, 2.24) is 14.5 Å². The number of rotatable bonds is 5. The third-order valence-electron chi connectivity index (χ3n) is 6.03. The topological polar surface area (TPSA) is 47.4 Å². The van der Waals surface area contributed by atoms with E-state index in [-0.39, 0.29) is 5.97 Å². The SMILES string of the molecule is CCCC(C)(C(=O)Oc1ccncc1)n1c2c(c3cc(C)ccc31)CN(C)CC2. The first-order chi connectivity index (χ1) is 13.9. The van der Waals surface area contributed by atoms with Gasteiger partial charge >= 0.3 is 5.97 Å². The fraction of sp³-hybridized carbons (Fsp3) is 0.417. The van der Waals surface area contributed by atoms with Crippen molar-refractivity contribution in [3.05, 3.63) is 59.5 Å². The standard InChI is InChI=1S/C24H29N3O2/c1-5-11-24(3,23(28)29-18-8-12-25-13-9-18)27-21-7-6-17(2)15-19(21)20-16-26(4)14-10-22(20)27/h6-9,12-13,15H,5,10-11,14,16H2,1-4H3. The lowest BCUT2D eigenvalue weighted by Crippen LogP contribution is -2.43. The number of likely N-dealkylation sites (N-methyl/N-ethyl adjacent to an activating group) is 1. The fourth-order valence-electron chi connectivity index (χ4n) is 4.59. The molecule has 0 bridgehead atoms. The van der Waals surface area contributed by atoms with Crippen LogP contribution in [-0.2, 0) is 23.3 Å². The molecule has 3 heterocycles. The normalized spacial score (nSPS) is 16.4. The molecule has 5 heteroatoms. The number of hydrogen-bond acceptors (Lipinski definition) is 4. The highest BCUT2D eigenvalue weighted by Gasteiger charge is 2.40. The molecule has 5 nitrogen and oxygen atoms in total. The Morgan fingerprint density at radius 2 is 2.00 bits per heavy atom. The molecule has 1 atom stereocenters. The van der Waals surface area contributed by atoms with Crippen LogP contribution >= 0.6 is 0 Å². The molecule has 1 aliphatic heterocycles. The first-order valence-corrected chi connectivity index (χ1v) is 10.4. The van der Waals surface area contributed by atoms with Crippen LogP contribution in [0.2, 0.25) is 0 Å². The molecule has 0 fully saturated rings. The number of hydrogen-bond donors (Lipinski definition) is 0. The lowest BCUT2D eigenvalue weighted by Gasteiger charge is -2.33. The van der Waals surface area contributed by atoms with Crippen molar-refractivity contribution in [2.24, 2.45) is 0 Å². The van der Waals surface area contributed by atoms with Crippen LogP contribution in [0.4, 0.5) is 0 Å². The molecule has 4 rings (SSSR count). The Morgan fingerprint density at radius 1 is 1.24 bits per heavy atom. The lowest BCUT2D eigenvalue weighted by atomic mass is 9.94. The number of pyridine rings is 1. The molecule has 0 radical (unpaired) electrons. The van der Waals surface area contributed by atoms with E-state index in [1.165, 1.54) is 22.2 Å². The van der Waals surface area contributed by atoms with Crippen LogP contribution in [0.5, 0.6) is 5.75 Å². The van der Waals surface area contributed by atoms with Gasteiger partial charge in [-0.2, -0.15) is 0 Å². The molecule has 0 aliphatic carbocycles. The number of carbonyl (C=O) groups excluding carboxylic acids is 1. The van der Waals surface area contributed by atoms with Gasteiger partial charge in [0, 0.05) is 48.5 Å². The van der Waals surface area contributed by atoms with E-state index in [4.69, 9.17) is 4.74 Å². The van der Waals surface area contributed by atoms with Gasteiger partial charge < -0.3 is 14.2 Å². The minimum Gasteiger partial charge on any atom is -0.425 e. The molecule has 1 aliphatic rings. The van der Waals surface area contributed by atoms with Crippen molar-refractivity contribution >= 4 is 16.9 Å². The molecular weight excluding hydrogens is 362 g/mol. The van der Waals surface area contributed by atoms with Gasteiger partial charge in [-0.05, 0) is 57.1 Å². The maximum Gasteiger partial charge on any atom is 0.337 e. The van der Waals surface area contributed by atoms with E-state index < -0.39 is 5.54 Å². The van der Waals surface area contributed by atoms with E-state index in [0.717, 1.165) is 37.9 Å². The van der Waals surface area contributed by atoms with E-state index in [0.29, 0.717) is 5.75 Å². The minimum atomic E-state index is -0.769. The zero-order chi connectivity index (χ0) is 20.6. The van der Waals surface area contributed by atoms with Crippen LogP contribution in [0.3, 0.4) is 0 Å². The van der Waals surface area contributed by atoms with Crippen molar-refractivity contribution in [3.63, 3.8) is 0 Å². The van der Waals surface area contributed by atoms with Crippen LogP contribution in [-0.4, -0.2) is 34.0 Å². The molecule has 0 saturated heterocycles. The molecule has 2 aromatic heterocycles. The fourth-order valence-corrected chi connectivity index (χ4v) is 4.59. The summed E-state index contributed by atoms with van der Waals surface area (Å²) < 4.78 is 8.11. The van der Waals surface area contributed by atoms with Crippen LogP contribution in [0.25, 0.3) is 10.9 Å². The molecule has 29 heavy (non-hydrogen) atoms. The summed E-state index contributed by atoms with van der Waals surface area (Å²) in [7, 11) is 2.16. The first-order valence-electron chi connectivity index (χ1n) is 10.4. The van der Waals surface area contributed by atoms with Crippen LogP contribution in [0.15, 0.2) is 42.7 Å². The summed E-state index contributed by atoms with van der Waals surface area (Å²) in [5.41, 5.74) is 4.21. The second-order valence-electron chi connectivity index (χ2n) is 8.37. The third-order valence-corrected chi connectivity index (χ3v) is 6.03. The van der Waals surface area contributed by atoms with E-state index in [9.17, 15) is 4.79 Å². The largest absolute Gasteiger partial charge is 0.425 e. The van der Waals surface area contributed by atoms with Gasteiger partial charge in [0.2, 0.25) is 0 Å². The molecule has 1 aromatic carbocycles. The molecular formula is C24H29N3O2. The maximum absolute atomic E-state index is 13.5. The van der Waals surface area contributed by atoms with Gasteiger partial charge in [0.15, 0.2) is 0 Å². The Labute approximate surface area is 172 Å². The first kappa shape index (κ1) is 19.6. The zero-order valence-electron chi connectivity index (χ0n) is 17.7. The van der Waals surface area contributed by atoms with Crippen LogP contribution in [0, 0.1) is 6.92 Å². The molecule has 0 saturated carbocycles. The Kier molecular flexibility index (Phi) is 5.17. The maximum atomic E-state index is 13.5. The number of esters is 1. The highest BCUT2D eigenvalue weighted by molar-refractivity contribution is 5.90. The zero-order valence-corrected chi connectivity index (χ0v) is 17.7. The predicted octanol–water partition coefficient (Wildman–Crippen LogP) is 4.45. The molecule has 0 amide bonds. The van der Waals surface area contributed by atoms with Gasteiger partial charge in [0.05, 0.1) is 0 Å². The number of aryl methyl sites for hydroxylation is 1. The Bertz CT molecular complexity index is 1040. The summed E-state index contributed by atoms with van der Waals surface area (Å²) in [4.78, 5) is 19.9. The summed E-state index contributed by atoms with van der Waals surface area (Å²) in [6.45, 7) is 8.17. The van der Waals surface area contributed by atoms with Gasteiger partial charge in [-0.3, -0.25) is 4.98 Å². The van der Waals surface area contributed by atoms with Crippen molar-refractivity contribution in [2.75, 3.05) is 13.6 Å². The Hall–Kier alpha value is -2.66. The molecule has 152 valence electrons. The average Bonchev–Trinajstić information content (AvgIpc) is 3.02. The quantitative estimate of drug-likeness (QED) is 0.603. The molecule has 3 aromatic rings. The second kappa shape index (κ2) is 7.64. The average molecular weight is 392 g/mol. The number of aromatic nitrogens is 2. The lowest BCUT2D eigenvalue weighted by molar-refractivity contribution is -0.144. The van der Waals surface area contributed by atoms with Gasteiger partial charge in [-0.25, -0.2) is 4.79 Å². The van der Waals surface area contributed by atoms with Crippen LogP contribution in [0.1, 0.15) is 43.5 Å². The number of fused-ring (bicyclic) bond motifs is 3. The minimum absolute atomic E-state index is 0.218. The van der Waals surface area contributed by atoms with Crippen molar-refractivity contribution in [1.29, 1.82) is 0 Å². The Balaban J connectivity index is 1.88. The van der Waals surface area contributed by atoms with Gasteiger partial charge in [-0.15, -0.1) is 0 Å². The van der Waals surface area contributed by atoms with E-state index in [1.54, 1.807) is 24.5 Å². The summed E-state index contributed by atoms with van der Waals surface area (Å²) in [6, 6.07) is 10.0.